The minimum Gasteiger partial charge on any atom is -0.378 e. The van der Waals surface area contributed by atoms with Gasteiger partial charge in [-0.25, -0.2) is 0 Å². The van der Waals surface area contributed by atoms with Gasteiger partial charge in [0.05, 0.1) is 50.0 Å². The predicted octanol–water partition coefficient (Wildman–Crippen LogP) is 4.89. The fraction of sp³-hybridized carbons (Fsp3) is 0.756. The SMILES string of the molecule is CC[C@H](C)[C@@H]1NC(=O)[C@H](CC(C)C)N(C)C(=O)C[C@@H](C(=O)N2CCOCC2)N(C)C(=O)[C@H](C2CCCC2)N(C)C(=O)C2(CCCC2)NC(=O)[C@H](CCC(=O)N2CCOCC2)N(C)C(=O)[C@H](CCc2ccc(C(F)(F)F)c(Cl)c2)NC(=O)CN(C)C(=O)[C@H](CC2CCCCC2)N(C)C(=O)C2CCN2C(=O)[C@H](C)N(C)C1=O. The van der Waals surface area contributed by atoms with Gasteiger partial charge in [0, 0.05) is 88.5 Å². The van der Waals surface area contributed by atoms with Crippen molar-refractivity contribution in [3.05, 3.63) is 34.3 Å². The third-order valence-electron chi connectivity index (χ3n) is 24.3. The number of carbonyl (C=O) groups excluding carboxylic acids is 13. The van der Waals surface area contributed by atoms with Crippen molar-refractivity contribution in [1.82, 2.24) is 64.9 Å². The Labute approximate surface area is 650 Å². The van der Waals surface area contributed by atoms with Crippen molar-refractivity contribution in [1.29, 1.82) is 0 Å². The third kappa shape index (κ3) is 21.3. The molecule has 0 aromatic heterocycles. The van der Waals surface area contributed by atoms with Crippen LogP contribution in [-0.2, 0) is 84.4 Å². The second-order valence-electron chi connectivity index (χ2n) is 32.1. The summed E-state index contributed by atoms with van der Waals surface area (Å²) in [6.07, 6.45) is 1.92. The number of alkyl halides is 3. The average Bonchev–Trinajstić information content (AvgIpc) is 1.36. The molecule has 0 radical (unpaired) electrons. The number of nitrogens with zero attached hydrogens (tertiary/aromatic N) is 10. The number of morpholine rings is 2. The highest BCUT2D eigenvalue weighted by molar-refractivity contribution is 6.31. The minimum atomic E-state index is -4.81. The van der Waals surface area contributed by atoms with Gasteiger partial charge in [0.1, 0.15) is 59.9 Å². The molecule has 1 unspecified atom stereocenters. The van der Waals surface area contributed by atoms with Crippen LogP contribution in [0.2, 0.25) is 5.02 Å². The van der Waals surface area contributed by atoms with Crippen molar-refractivity contribution in [2.75, 3.05) is 115 Å². The summed E-state index contributed by atoms with van der Waals surface area (Å²) in [7, 11) is 9.83. The maximum atomic E-state index is 16.0. The van der Waals surface area contributed by atoms with Crippen LogP contribution in [0.1, 0.15) is 181 Å². The molecule has 7 aliphatic rings. The number of ether oxygens (including phenoxy) is 2. The van der Waals surface area contributed by atoms with Crippen molar-refractivity contribution in [2.45, 2.75) is 242 Å². The van der Waals surface area contributed by atoms with Gasteiger partial charge in [-0.1, -0.05) is 110 Å². The van der Waals surface area contributed by atoms with Crippen LogP contribution >= 0.6 is 11.6 Å². The number of halogens is 4. The number of likely N-dealkylation sites (N-methyl/N-ethyl adjacent to an activating group) is 7. The zero-order valence-corrected chi connectivity index (χ0v) is 67.2. The maximum absolute atomic E-state index is 16.0. The van der Waals surface area contributed by atoms with Gasteiger partial charge >= 0.3 is 6.18 Å². The first kappa shape index (κ1) is 87.9. The van der Waals surface area contributed by atoms with Crippen LogP contribution in [0.3, 0.4) is 0 Å². The Morgan fingerprint density at radius 1 is 0.627 bits per heavy atom. The van der Waals surface area contributed by atoms with Crippen LogP contribution < -0.4 is 16.0 Å². The Kier molecular flexibility index (Phi) is 31.3. The summed E-state index contributed by atoms with van der Waals surface area (Å²) in [5.41, 5.74) is -2.60. The Balaban J connectivity index is 1.22. The van der Waals surface area contributed by atoms with Gasteiger partial charge in [-0.2, -0.15) is 13.2 Å². The van der Waals surface area contributed by atoms with Crippen LogP contribution in [0.15, 0.2) is 18.2 Å². The number of benzene rings is 1. The first-order valence-electron chi connectivity index (χ1n) is 39.7. The summed E-state index contributed by atoms with van der Waals surface area (Å²) in [4.78, 5) is 210. The molecule has 110 heavy (non-hydrogen) atoms. The first-order chi connectivity index (χ1) is 52.0. The lowest BCUT2D eigenvalue weighted by Gasteiger charge is -2.45. The van der Waals surface area contributed by atoms with Gasteiger partial charge in [0.15, 0.2) is 0 Å². The van der Waals surface area contributed by atoms with E-state index in [2.05, 4.69) is 16.0 Å². The van der Waals surface area contributed by atoms with Gasteiger partial charge < -0.3 is 74.4 Å². The number of carbonyl (C=O) groups is 13. The summed E-state index contributed by atoms with van der Waals surface area (Å²) >= 11 is 6.22. The third-order valence-corrected chi connectivity index (χ3v) is 24.6. The van der Waals surface area contributed by atoms with Crippen molar-refractivity contribution < 1.29 is 85.0 Å². The minimum absolute atomic E-state index is 0.0166. The summed E-state index contributed by atoms with van der Waals surface area (Å²) in [6.45, 7) is 9.82. The van der Waals surface area contributed by atoms with Gasteiger partial charge in [0.25, 0.3) is 0 Å². The molecule has 4 aliphatic heterocycles. The van der Waals surface area contributed by atoms with E-state index in [1.165, 1.54) is 96.6 Å². The van der Waals surface area contributed by atoms with Crippen molar-refractivity contribution in [2.24, 2.45) is 23.7 Å². The monoisotopic (exact) mass is 1570 g/mol. The van der Waals surface area contributed by atoms with Crippen LogP contribution in [0.5, 0.6) is 0 Å². The first-order valence-corrected chi connectivity index (χ1v) is 40.0. The van der Waals surface area contributed by atoms with Gasteiger partial charge in [0.2, 0.25) is 76.8 Å². The Hall–Kier alpha value is -7.67. The number of fused-ring (bicyclic) bond motifs is 1. The van der Waals surface area contributed by atoms with E-state index in [1.807, 2.05) is 20.8 Å². The van der Waals surface area contributed by atoms with Gasteiger partial charge in [-0.15, -0.1) is 0 Å². The normalized spacial score (nSPS) is 27.5. The van der Waals surface area contributed by atoms with E-state index in [-0.39, 0.29) is 140 Å². The molecule has 13 amide bonds. The number of aryl methyl sites for hydroxylation is 1. The molecule has 3 N–H and O–H groups in total. The fourth-order valence-corrected chi connectivity index (χ4v) is 17.2. The molecule has 1 spiro atoms. The lowest BCUT2D eigenvalue weighted by molar-refractivity contribution is -0.160. The summed E-state index contributed by atoms with van der Waals surface area (Å²) in [6, 6.07) is -8.76. The van der Waals surface area contributed by atoms with Crippen LogP contribution in [0.25, 0.3) is 0 Å². The molecule has 8 rings (SSSR count). The van der Waals surface area contributed by atoms with E-state index >= 15 is 38.4 Å². The molecule has 32 heteroatoms. The quantitative estimate of drug-likeness (QED) is 0.223. The summed E-state index contributed by atoms with van der Waals surface area (Å²) < 4.78 is 53.3. The number of hydrogen-bond donors (Lipinski definition) is 3. The Bertz CT molecular complexity index is 3470. The molecule has 28 nitrogen and oxygen atoms in total. The van der Waals surface area contributed by atoms with Crippen molar-refractivity contribution in [3.8, 4) is 0 Å². The molecular weight excluding hydrogens is 1450 g/mol. The smallest absolute Gasteiger partial charge is 0.378 e. The van der Waals surface area contributed by atoms with E-state index in [0.29, 0.717) is 44.9 Å². The van der Waals surface area contributed by atoms with E-state index < -0.39 is 172 Å². The molecule has 3 saturated carbocycles. The fourth-order valence-electron chi connectivity index (χ4n) is 16.9. The number of nitrogens with one attached hydrogen (secondary N) is 3. The lowest BCUT2D eigenvalue weighted by Crippen LogP contribution is -2.65. The zero-order valence-electron chi connectivity index (χ0n) is 66.5. The molecule has 0 bridgehead atoms. The molecule has 1 aromatic carbocycles. The Morgan fingerprint density at radius 3 is 1.80 bits per heavy atom. The molecule has 4 saturated heterocycles. The van der Waals surface area contributed by atoms with Gasteiger partial charge in [-0.3, -0.25) is 62.3 Å². The standard InChI is InChI=1S/C78H119ClF3N13O15/c1-13-49(4)65-74(106)87(7)50(5)69(101)95-34-31-58(95)72(104)90(10)60(45-51-21-15-14-16-22-51)71(103)86(6)47-62(96)83-56(28-26-52-25-27-54(55(79)44-52)78(80,81)82)70(102)89(9)57(29-30-63(97)93-35-39-109-40-36-93)68(100)85-77(32-19-20-33-77)76(108)92(12)66(53-23-17-18-24-53)75(107)91(11)61(73(105)94-37-41-110-42-38-94)46-64(98)88(8)59(43-48(2)3)67(99)84-65/h25,27,44,48-51,53,56-61,65-66H,13-24,26,28-43,45-47H2,1-12H3,(H,83,96)(H,84,99)(H,85,100)/t49-,50-,56-,57-,58?,59-,60-,61-,65-,66-/m0/s1. The highest BCUT2D eigenvalue weighted by atomic mass is 35.5. The summed E-state index contributed by atoms with van der Waals surface area (Å²) in [5.74, 6) is -10.0. The highest BCUT2D eigenvalue weighted by Crippen LogP contribution is 2.39. The Morgan fingerprint density at radius 2 is 1.23 bits per heavy atom. The van der Waals surface area contributed by atoms with Gasteiger partial charge in [-0.05, 0) is 112 Å². The van der Waals surface area contributed by atoms with Crippen LogP contribution in [0, 0.1) is 23.7 Å². The predicted molar refractivity (Wildman–Crippen MR) is 401 cm³/mol. The lowest BCUT2D eigenvalue weighted by atomic mass is 9.84. The largest absolute Gasteiger partial charge is 0.417 e. The van der Waals surface area contributed by atoms with E-state index in [9.17, 15) is 37.1 Å². The molecule has 1 aromatic rings. The molecule has 10 atom stereocenters. The van der Waals surface area contributed by atoms with Crippen LogP contribution in [-0.4, -0.2) is 301 Å². The van der Waals surface area contributed by atoms with Crippen molar-refractivity contribution in [3.63, 3.8) is 0 Å². The topological polar surface area (TPSA) is 309 Å². The second kappa shape index (κ2) is 39.2. The molecule has 614 valence electrons. The maximum Gasteiger partial charge on any atom is 0.417 e. The van der Waals surface area contributed by atoms with Crippen LogP contribution in [0.4, 0.5) is 13.2 Å². The number of amides is 13. The number of hydrogen-bond acceptors (Lipinski definition) is 15. The molecular formula is C78H119ClF3N13O15. The number of rotatable bonds is 14. The van der Waals surface area contributed by atoms with E-state index in [0.717, 1.165) is 54.0 Å². The molecule has 4 heterocycles. The zero-order chi connectivity index (χ0) is 80.8. The highest BCUT2D eigenvalue weighted by Gasteiger charge is 2.52. The molecule has 7 fully saturated rings. The summed E-state index contributed by atoms with van der Waals surface area (Å²) in [5, 5.41) is 8.10. The van der Waals surface area contributed by atoms with E-state index in [4.69, 9.17) is 21.1 Å². The molecule has 3 aliphatic carbocycles. The van der Waals surface area contributed by atoms with E-state index in [1.54, 1.807) is 11.8 Å². The second-order valence-corrected chi connectivity index (χ2v) is 32.5. The average molecular weight is 1570 g/mol. The van der Waals surface area contributed by atoms with Crippen molar-refractivity contribution >= 4 is 88.4 Å².